The Morgan fingerprint density at radius 2 is 2.08 bits per heavy atom. The molecule has 1 aromatic rings. The molecular weight excluding hydrogens is 160 g/mol. The van der Waals surface area contributed by atoms with Gasteiger partial charge in [-0.25, -0.2) is 0 Å². The zero-order chi connectivity index (χ0) is 9.52. The zero-order valence-corrected chi connectivity index (χ0v) is 7.35. The van der Waals surface area contributed by atoms with E-state index in [0.29, 0.717) is 6.42 Å². The molecule has 13 heavy (non-hydrogen) atoms. The number of rotatable bonds is 3. The number of hydrogen-bond donors (Lipinski definition) is 1. The van der Waals surface area contributed by atoms with Crippen LogP contribution in [0.1, 0.15) is 12.0 Å². The Labute approximate surface area is 78.7 Å². The van der Waals surface area contributed by atoms with Gasteiger partial charge in [0.15, 0.2) is 0 Å². The van der Waals surface area contributed by atoms with Crippen molar-refractivity contribution in [2.75, 3.05) is 0 Å². The van der Waals surface area contributed by atoms with E-state index in [0.717, 1.165) is 5.56 Å². The lowest BCUT2D eigenvalue weighted by molar-refractivity contribution is 0.230. The molecule has 0 radical (unpaired) electrons. The van der Waals surface area contributed by atoms with E-state index >= 15 is 0 Å². The van der Waals surface area contributed by atoms with Crippen molar-refractivity contribution in [3.8, 4) is 12.3 Å². The highest BCUT2D eigenvalue weighted by atomic mass is 16.3. The molecule has 0 aliphatic carbocycles. The minimum atomic E-state index is -0.537. The van der Waals surface area contributed by atoms with Gasteiger partial charge in [0.25, 0.3) is 0 Å². The van der Waals surface area contributed by atoms with Crippen molar-refractivity contribution in [3.05, 3.63) is 42.0 Å². The summed E-state index contributed by atoms with van der Waals surface area (Å²) in [7, 11) is 0. The van der Waals surface area contributed by atoms with Crippen molar-refractivity contribution in [2.45, 2.75) is 12.5 Å². The molecule has 1 atom stereocenters. The van der Waals surface area contributed by atoms with Crippen molar-refractivity contribution in [3.63, 3.8) is 0 Å². The number of terminal acetylenes is 1. The van der Waals surface area contributed by atoms with Gasteiger partial charge in [0.05, 0.1) is 6.10 Å². The molecule has 0 saturated carbocycles. The maximum atomic E-state index is 9.28. The van der Waals surface area contributed by atoms with Gasteiger partial charge in [-0.15, -0.1) is 12.3 Å². The maximum Gasteiger partial charge on any atom is 0.0833 e. The number of aliphatic hydroxyl groups is 1. The molecule has 1 nitrogen and oxygen atoms in total. The van der Waals surface area contributed by atoms with Gasteiger partial charge >= 0.3 is 0 Å². The summed E-state index contributed by atoms with van der Waals surface area (Å²) in [5.41, 5.74) is 1.07. The van der Waals surface area contributed by atoms with E-state index in [-0.39, 0.29) is 0 Å². The van der Waals surface area contributed by atoms with E-state index in [1.807, 2.05) is 36.4 Å². The van der Waals surface area contributed by atoms with Crippen LogP contribution in [-0.4, -0.2) is 11.2 Å². The lowest BCUT2D eigenvalue weighted by Crippen LogP contribution is -1.98. The van der Waals surface area contributed by atoms with E-state index in [2.05, 4.69) is 5.92 Å². The minimum absolute atomic E-state index is 0.364. The number of aliphatic hydroxyl groups excluding tert-OH is 1. The molecule has 1 N–H and O–H groups in total. The summed E-state index contributed by atoms with van der Waals surface area (Å²) in [6, 6.07) is 9.80. The van der Waals surface area contributed by atoms with Crippen LogP contribution in [0.15, 0.2) is 36.4 Å². The van der Waals surface area contributed by atoms with Crippen LogP contribution < -0.4 is 0 Å². The number of benzene rings is 1. The van der Waals surface area contributed by atoms with Crippen LogP contribution in [0.25, 0.3) is 6.08 Å². The Morgan fingerprint density at radius 1 is 1.38 bits per heavy atom. The molecule has 0 bridgehead atoms. The van der Waals surface area contributed by atoms with Crippen molar-refractivity contribution < 1.29 is 5.11 Å². The fraction of sp³-hybridized carbons (Fsp3) is 0.167. The first-order valence-corrected chi connectivity index (χ1v) is 4.17. The molecule has 0 saturated heterocycles. The Balaban J connectivity index is 2.55. The Bertz CT molecular complexity index is 306. The SMILES string of the molecule is C#CC[C@@H](O)/C=C/c1ccccc1. The molecule has 66 valence electrons. The third-order valence-corrected chi connectivity index (χ3v) is 1.64. The molecule has 1 heteroatoms. The van der Waals surface area contributed by atoms with E-state index < -0.39 is 6.10 Å². The monoisotopic (exact) mass is 172 g/mol. The highest BCUT2D eigenvalue weighted by Gasteiger charge is 1.93. The lowest BCUT2D eigenvalue weighted by Gasteiger charge is -1.98. The molecule has 0 aliphatic rings. The summed E-state index contributed by atoms with van der Waals surface area (Å²) in [5, 5.41) is 9.28. The molecule has 0 fully saturated rings. The predicted molar refractivity (Wildman–Crippen MR) is 54.9 cm³/mol. The Hall–Kier alpha value is -1.52. The zero-order valence-electron chi connectivity index (χ0n) is 7.35. The normalized spacial score (nSPS) is 12.6. The lowest BCUT2D eigenvalue weighted by atomic mass is 10.1. The van der Waals surface area contributed by atoms with Crippen molar-refractivity contribution in [1.82, 2.24) is 0 Å². The molecule has 1 aromatic carbocycles. The second kappa shape index (κ2) is 5.18. The second-order valence-corrected chi connectivity index (χ2v) is 2.75. The fourth-order valence-corrected chi connectivity index (χ4v) is 0.975. The van der Waals surface area contributed by atoms with Gasteiger partial charge in [-0.3, -0.25) is 0 Å². The van der Waals surface area contributed by atoms with Gasteiger partial charge in [0, 0.05) is 6.42 Å². The summed E-state index contributed by atoms with van der Waals surface area (Å²) < 4.78 is 0. The van der Waals surface area contributed by atoms with E-state index in [1.165, 1.54) is 0 Å². The highest BCUT2D eigenvalue weighted by molar-refractivity contribution is 5.49. The van der Waals surface area contributed by atoms with E-state index in [4.69, 9.17) is 6.42 Å². The van der Waals surface area contributed by atoms with Crippen molar-refractivity contribution in [1.29, 1.82) is 0 Å². The predicted octanol–water partition coefficient (Wildman–Crippen LogP) is 2.08. The summed E-state index contributed by atoms with van der Waals surface area (Å²) in [4.78, 5) is 0. The second-order valence-electron chi connectivity index (χ2n) is 2.75. The summed E-state index contributed by atoms with van der Waals surface area (Å²) >= 11 is 0. The molecular formula is C12H12O. The van der Waals surface area contributed by atoms with Crippen LogP contribution in [-0.2, 0) is 0 Å². The van der Waals surface area contributed by atoms with Gasteiger partial charge in [0.2, 0.25) is 0 Å². The van der Waals surface area contributed by atoms with Crippen LogP contribution in [0.5, 0.6) is 0 Å². The van der Waals surface area contributed by atoms with Crippen LogP contribution >= 0.6 is 0 Å². The van der Waals surface area contributed by atoms with Gasteiger partial charge in [-0.1, -0.05) is 42.5 Å². The average molecular weight is 172 g/mol. The molecule has 0 amide bonds. The molecule has 1 rings (SSSR count). The minimum Gasteiger partial charge on any atom is -0.388 e. The average Bonchev–Trinajstić information content (AvgIpc) is 2.17. The molecule has 0 aromatic heterocycles. The van der Waals surface area contributed by atoms with Crippen LogP contribution in [0.2, 0.25) is 0 Å². The molecule has 0 spiro atoms. The first-order valence-electron chi connectivity index (χ1n) is 4.17. The van der Waals surface area contributed by atoms with Gasteiger partial charge < -0.3 is 5.11 Å². The third-order valence-electron chi connectivity index (χ3n) is 1.64. The number of hydrogen-bond acceptors (Lipinski definition) is 1. The first kappa shape index (κ1) is 9.57. The maximum absolute atomic E-state index is 9.28. The standard InChI is InChI=1S/C12H12O/c1-2-6-12(13)10-9-11-7-4-3-5-8-11/h1,3-5,7-10,12-13H,6H2/b10-9+/t12-/m1/s1. The van der Waals surface area contributed by atoms with Crippen molar-refractivity contribution >= 4 is 6.08 Å². The topological polar surface area (TPSA) is 20.2 Å². The summed E-state index contributed by atoms with van der Waals surface area (Å²) in [6.45, 7) is 0. The quantitative estimate of drug-likeness (QED) is 0.692. The highest BCUT2D eigenvalue weighted by Crippen LogP contribution is 2.02. The molecule has 0 aliphatic heterocycles. The van der Waals surface area contributed by atoms with Crippen LogP contribution in [0.4, 0.5) is 0 Å². The van der Waals surface area contributed by atoms with Crippen molar-refractivity contribution in [2.24, 2.45) is 0 Å². The van der Waals surface area contributed by atoms with Gasteiger partial charge in [-0.05, 0) is 5.56 Å². The van der Waals surface area contributed by atoms with E-state index in [9.17, 15) is 5.11 Å². The smallest absolute Gasteiger partial charge is 0.0833 e. The van der Waals surface area contributed by atoms with Gasteiger partial charge in [0.1, 0.15) is 0 Å². The van der Waals surface area contributed by atoms with E-state index in [1.54, 1.807) is 6.08 Å². The Morgan fingerprint density at radius 3 is 2.69 bits per heavy atom. The van der Waals surface area contributed by atoms with Gasteiger partial charge in [-0.2, -0.15) is 0 Å². The molecule has 0 heterocycles. The third kappa shape index (κ3) is 3.59. The fourth-order valence-electron chi connectivity index (χ4n) is 0.975. The van der Waals surface area contributed by atoms with Crippen LogP contribution in [0.3, 0.4) is 0 Å². The largest absolute Gasteiger partial charge is 0.388 e. The molecule has 0 unspecified atom stereocenters. The Kier molecular flexibility index (Phi) is 3.81. The summed E-state index contributed by atoms with van der Waals surface area (Å²) in [6.07, 6.45) is 8.45. The summed E-state index contributed by atoms with van der Waals surface area (Å²) in [5.74, 6) is 2.40. The van der Waals surface area contributed by atoms with Crippen LogP contribution in [0, 0.1) is 12.3 Å². The first-order chi connectivity index (χ1) is 6.33.